The van der Waals surface area contributed by atoms with E-state index in [0.717, 1.165) is 11.3 Å². The van der Waals surface area contributed by atoms with Gasteiger partial charge in [-0.15, -0.1) is 35.9 Å². The van der Waals surface area contributed by atoms with Crippen molar-refractivity contribution >= 4 is 17.6 Å². The largest absolute Gasteiger partial charge is 0.512 e. The molecule has 0 aliphatic carbocycles. The molecule has 27 heavy (non-hydrogen) atoms. The minimum absolute atomic E-state index is 0. The van der Waals surface area contributed by atoms with Gasteiger partial charge in [-0.25, -0.2) is 0 Å². The molecule has 0 atom stereocenters. The molecule has 0 unspecified atom stereocenters. The Balaban J connectivity index is 0.000000395. The Morgan fingerprint density at radius 1 is 1.11 bits per heavy atom. The number of aliphatic hydroxyl groups excluding tert-OH is 1. The molecule has 3 nitrogen and oxygen atoms in total. The Morgan fingerprint density at radius 2 is 1.78 bits per heavy atom. The predicted molar refractivity (Wildman–Crippen MR) is 109 cm³/mol. The van der Waals surface area contributed by atoms with E-state index >= 15 is 0 Å². The van der Waals surface area contributed by atoms with Gasteiger partial charge in [-0.2, -0.15) is 0 Å². The van der Waals surface area contributed by atoms with Crippen molar-refractivity contribution in [3.8, 4) is 0 Å². The van der Waals surface area contributed by atoms with Crippen molar-refractivity contribution < 1.29 is 30.0 Å². The summed E-state index contributed by atoms with van der Waals surface area (Å²) in [7, 11) is 0. The molecule has 0 bridgehead atoms. The topological polar surface area (TPSA) is 54.0 Å². The molecule has 2 aromatic carbocycles. The third kappa shape index (κ3) is 6.13. The van der Waals surface area contributed by atoms with Gasteiger partial charge in [0.25, 0.3) is 0 Å². The van der Waals surface area contributed by atoms with Gasteiger partial charge < -0.3 is 10.1 Å². The van der Waals surface area contributed by atoms with E-state index in [1.165, 1.54) is 31.1 Å². The van der Waals surface area contributed by atoms with Crippen molar-refractivity contribution in [2.24, 2.45) is 4.99 Å². The summed E-state index contributed by atoms with van der Waals surface area (Å²) in [6.07, 6.45) is 5.25. The van der Waals surface area contributed by atoms with Crippen LogP contribution in [0.3, 0.4) is 0 Å². The first-order valence-electron chi connectivity index (χ1n) is 8.53. The van der Waals surface area contributed by atoms with Crippen LogP contribution in [-0.4, -0.2) is 21.4 Å². The van der Waals surface area contributed by atoms with Crippen LogP contribution in [0.2, 0.25) is 0 Å². The van der Waals surface area contributed by atoms with Crippen molar-refractivity contribution in [3.63, 3.8) is 0 Å². The summed E-state index contributed by atoms with van der Waals surface area (Å²) in [6, 6.07) is 19.8. The summed E-state index contributed by atoms with van der Waals surface area (Å²) in [5, 5.41) is 8.40. The monoisotopic (exact) mass is 540 g/mol. The van der Waals surface area contributed by atoms with Gasteiger partial charge in [0, 0.05) is 26.3 Å². The Hall–Kier alpha value is -2.29. The van der Waals surface area contributed by atoms with E-state index in [1.807, 2.05) is 24.4 Å². The third-order valence-electron chi connectivity index (χ3n) is 4.07. The van der Waals surface area contributed by atoms with Gasteiger partial charge >= 0.3 is 5.78 Å². The van der Waals surface area contributed by atoms with E-state index in [9.17, 15) is 0 Å². The van der Waals surface area contributed by atoms with Crippen LogP contribution in [0.5, 0.6) is 0 Å². The standard InChI is InChI=1S/C18H16N.C5H8O2.Ir/c1-18(2)16-11-7-6-8-14(16)12-13-19-17(18)15-9-4-3-5-10-15;1-4(6)3-5(2)7;/h3-9,11-13H,1-2H3;3,6H,1-2H3;/q-1;;/p+1/b;4-3-;. The number of rotatable bonds is 2. The first-order valence-corrected chi connectivity index (χ1v) is 8.53. The summed E-state index contributed by atoms with van der Waals surface area (Å²) >= 11 is 0. The zero-order valence-corrected chi connectivity index (χ0v) is 18.4. The van der Waals surface area contributed by atoms with E-state index in [4.69, 9.17) is 9.90 Å². The second-order valence-electron chi connectivity index (χ2n) is 6.71. The van der Waals surface area contributed by atoms with Gasteiger partial charge in [-0.1, -0.05) is 38.1 Å². The number of ketones is 1. The van der Waals surface area contributed by atoms with E-state index in [2.05, 4.69) is 61.3 Å². The summed E-state index contributed by atoms with van der Waals surface area (Å²) in [5.41, 5.74) is 4.54. The number of hydrogen-bond acceptors (Lipinski definition) is 2. The van der Waals surface area contributed by atoms with Crippen LogP contribution in [0.15, 0.2) is 71.6 Å². The molecule has 0 saturated carbocycles. The molecule has 0 amide bonds. The molecule has 1 heterocycles. The number of allylic oxidation sites excluding steroid dienone is 2. The first-order chi connectivity index (χ1) is 12.3. The van der Waals surface area contributed by atoms with Crippen LogP contribution in [0.25, 0.3) is 6.08 Å². The molecular weight excluding hydrogens is 514 g/mol. The molecular formula is C23H25IrNO2. The molecule has 1 radical (unpaired) electrons. The third-order valence-corrected chi connectivity index (χ3v) is 4.07. The molecule has 1 aliphatic heterocycles. The quantitative estimate of drug-likeness (QED) is 0.241. The van der Waals surface area contributed by atoms with Gasteiger partial charge in [-0.3, -0.25) is 4.79 Å². The van der Waals surface area contributed by atoms with Crippen LogP contribution in [0.4, 0.5) is 0 Å². The average molecular weight is 540 g/mol. The van der Waals surface area contributed by atoms with Crippen molar-refractivity contribution in [3.05, 3.63) is 89.3 Å². The average Bonchev–Trinajstić information content (AvgIpc) is 2.71. The minimum Gasteiger partial charge on any atom is -0.512 e. The zero-order valence-electron chi connectivity index (χ0n) is 16.0. The molecule has 0 saturated heterocycles. The molecule has 0 spiro atoms. The summed E-state index contributed by atoms with van der Waals surface area (Å²) in [4.78, 5) is 13.1. The summed E-state index contributed by atoms with van der Waals surface area (Å²) in [6.45, 7) is 7.44. The second kappa shape index (κ2) is 10.1. The Labute approximate surface area is 174 Å². The van der Waals surface area contributed by atoms with Crippen LogP contribution in [-0.2, 0) is 25.5 Å². The Bertz CT molecular complexity index is 861. The van der Waals surface area contributed by atoms with Gasteiger partial charge in [0.15, 0.2) is 0 Å². The fourth-order valence-electron chi connectivity index (χ4n) is 2.94. The van der Waals surface area contributed by atoms with E-state index in [1.54, 1.807) is 0 Å². The van der Waals surface area contributed by atoms with Crippen LogP contribution >= 0.6 is 0 Å². The van der Waals surface area contributed by atoms with Gasteiger partial charge in [0.1, 0.15) is 0 Å². The second-order valence-corrected chi connectivity index (χ2v) is 6.71. The molecule has 1 aliphatic rings. The zero-order chi connectivity index (χ0) is 19.2. The minimum atomic E-state index is -0.127. The summed E-state index contributed by atoms with van der Waals surface area (Å²) < 4.78 is 0. The Kier molecular flexibility index (Phi) is 8.55. The molecule has 0 aromatic heterocycles. The molecule has 4 heteroatoms. The Morgan fingerprint density at radius 3 is 2.33 bits per heavy atom. The van der Waals surface area contributed by atoms with Crippen molar-refractivity contribution in [2.75, 3.05) is 0 Å². The number of aliphatic imine (C=N–C) groups is 1. The number of nitrogens with zero attached hydrogens (tertiary/aromatic N) is 1. The van der Waals surface area contributed by atoms with E-state index < -0.39 is 0 Å². The fraction of sp³-hybridized carbons (Fsp3) is 0.217. The maximum Gasteiger partial charge on any atom is 0.316 e. The number of aliphatic hydroxyl groups is 1. The normalized spacial score (nSPS) is 14.5. The van der Waals surface area contributed by atoms with Crippen molar-refractivity contribution in [1.29, 1.82) is 0 Å². The molecule has 2 N–H and O–H groups in total. The van der Waals surface area contributed by atoms with Gasteiger partial charge in [-0.05, 0) is 35.3 Å². The molecule has 0 fully saturated rings. The van der Waals surface area contributed by atoms with Crippen LogP contribution in [0, 0.1) is 6.07 Å². The number of fused-ring (bicyclic) bond motifs is 1. The maximum absolute atomic E-state index is 8.40. The van der Waals surface area contributed by atoms with E-state index in [-0.39, 0.29) is 37.1 Å². The smallest absolute Gasteiger partial charge is 0.316 e. The number of benzene rings is 2. The molecule has 143 valence electrons. The number of hydrogen-bond donors (Lipinski definition) is 1. The first kappa shape index (κ1) is 22.7. The fourth-order valence-corrected chi connectivity index (χ4v) is 2.94. The maximum atomic E-state index is 8.40. The molecule has 2 aromatic rings. The number of carbonyl (C=O) groups excluding carboxylic acids is 1. The van der Waals surface area contributed by atoms with Gasteiger partial charge in [0.2, 0.25) is 0 Å². The van der Waals surface area contributed by atoms with Crippen LogP contribution < -0.4 is 0 Å². The van der Waals surface area contributed by atoms with Crippen molar-refractivity contribution in [2.45, 2.75) is 33.1 Å². The van der Waals surface area contributed by atoms with Gasteiger partial charge in [0.05, 0.1) is 18.8 Å². The molecule has 3 rings (SSSR count). The SMILES string of the molecule is CC(=[OH+])/C=C(/C)O.CC1(C)C(c2[c-]cccc2)=NC=Cc2ccccc21.[Ir]. The summed E-state index contributed by atoms with van der Waals surface area (Å²) in [5.74, 6) is 0.250. The van der Waals surface area contributed by atoms with Crippen molar-refractivity contribution in [1.82, 2.24) is 0 Å². The van der Waals surface area contributed by atoms with Crippen LogP contribution in [0.1, 0.15) is 44.4 Å². The van der Waals surface area contributed by atoms with E-state index in [0.29, 0.717) is 0 Å². The predicted octanol–water partition coefficient (Wildman–Crippen LogP) is 5.25.